The average molecular weight is 158 g/mol. The third-order valence-corrected chi connectivity index (χ3v) is 0.758. The molecule has 3 heteroatoms. The first kappa shape index (κ1) is 10.3. The molecular formula is C8H6MgO2. The molecular weight excluding hydrogens is 152 g/mol. The fourth-order valence-corrected chi connectivity index (χ4v) is 0.393. The third-order valence-electron chi connectivity index (χ3n) is 0.758. The zero-order chi connectivity index (χ0) is 7.07. The van der Waals surface area contributed by atoms with Crippen LogP contribution in [0.5, 0.6) is 0 Å². The largest absolute Gasteiger partial charge is 2.00 e. The van der Waals surface area contributed by atoms with Crippen LogP contribution in [0.2, 0.25) is 0 Å². The van der Waals surface area contributed by atoms with Gasteiger partial charge in [-0.05, 0) is 12.5 Å². The predicted octanol–water partition coefficient (Wildman–Crippen LogP) is 1.78. The van der Waals surface area contributed by atoms with Crippen LogP contribution in [0.15, 0.2) is 46.0 Å². The fraction of sp³-hybridized carbons (Fsp3) is 0. The van der Waals surface area contributed by atoms with Crippen molar-refractivity contribution in [1.82, 2.24) is 0 Å². The average Bonchev–Trinajstić information content (AvgIpc) is 2.67. The van der Waals surface area contributed by atoms with Crippen molar-refractivity contribution in [2.24, 2.45) is 0 Å². The summed E-state index contributed by atoms with van der Waals surface area (Å²) >= 11 is 0. The summed E-state index contributed by atoms with van der Waals surface area (Å²) < 4.78 is 9.06. The van der Waals surface area contributed by atoms with Gasteiger partial charge in [0.25, 0.3) is 0 Å². The Bertz CT molecular complexity index is 151. The number of furan rings is 2. The molecule has 0 spiro atoms. The van der Waals surface area contributed by atoms with E-state index in [4.69, 9.17) is 0 Å². The van der Waals surface area contributed by atoms with Crippen LogP contribution in [0.1, 0.15) is 0 Å². The van der Waals surface area contributed by atoms with Crippen LogP contribution >= 0.6 is 0 Å². The van der Waals surface area contributed by atoms with E-state index in [1.807, 2.05) is 0 Å². The molecule has 0 unspecified atom stereocenters. The van der Waals surface area contributed by atoms with Crippen LogP contribution in [-0.4, -0.2) is 23.1 Å². The van der Waals surface area contributed by atoms with Crippen LogP contribution in [-0.2, 0) is 0 Å². The van der Waals surface area contributed by atoms with E-state index in [0.29, 0.717) is 0 Å². The molecule has 0 fully saturated rings. The monoisotopic (exact) mass is 158 g/mol. The quantitative estimate of drug-likeness (QED) is 0.432. The zero-order valence-corrected chi connectivity index (χ0v) is 7.40. The summed E-state index contributed by atoms with van der Waals surface area (Å²) in [6.45, 7) is 0. The number of rotatable bonds is 0. The molecule has 0 amide bonds. The molecule has 2 heterocycles. The van der Waals surface area contributed by atoms with E-state index in [-0.39, 0.29) is 23.1 Å². The van der Waals surface area contributed by atoms with Crippen LogP contribution in [0.4, 0.5) is 0 Å². The predicted molar refractivity (Wildman–Crippen MR) is 40.8 cm³/mol. The summed E-state index contributed by atoms with van der Waals surface area (Å²) in [5.41, 5.74) is 0. The van der Waals surface area contributed by atoms with Gasteiger partial charge in [0, 0.05) is 0 Å². The van der Waals surface area contributed by atoms with Crippen molar-refractivity contribution in [3.8, 4) is 0 Å². The van der Waals surface area contributed by atoms with E-state index < -0.39 is 0 Å². The summed E-state index contributed by atoms with van der Waals surface area (Å²) in [5.74, 6) is 0. The van der Waals surface area contributed by atoms with Gasteiger partial charge in [0.05, 0.1) is 0 Å². The normalized spacial score (nSPS) is 7.27. The Morgan fingerprint density at radius 3 is 1.36 bits per heavy atom. The van der Waals surface area contributed by atoms with Gasteiger partial charge in [-0.25, -0.2) is 12.1 Å². The molecule has 0 aliphatic carbocycles. The van der Waals surface area contributed by atoms with Crippen molar-refractivity contribution in [3.63, 3.8) is 0 Å². The van der Waals surface area contributed by atoms with Crippen molar-refractivity contribution < 1.29 is 8.83 Å². The second kappa shape index (κ2) is 7.43. The Morgan fingerprint density at radius 1 is 0.818 bits per heavy atom. The molecule has 0 aliphatic heterocycles. The van der Waals surface area contributed by atoms with Gasteiger partial charge in [-0.15, -0.1) is 0 Å². The van der Waals surface area contributed by atoms with E-state index in [9.17, 15) is 0 Å². The molecule has 0 saturated carbocycles. The summed E-state index contributed by atoms with van der Waals surface area (Å²) in [7, 11) is 0. The summed E-state index contributed by atoms with van der Waals surface area (Å²) in [5, 5.41) is 0. The SMILES string of the molecule is [Mg+2].[c-]1ccoc1.[c-]1ccoc1. The van der Waals surface area contributed by atoms with E-state index in [1.54, 1.807) is 24.7 Å². The summed E-state index contributed by atoms with van der Waals surface area (Å²) in [6, 6.07) is 8.81. The molecule has 0 atom stereocenters. The van der Waals surface area contributed by atoms with Gasteiger partial charge < -0.3 is 8.83 Å². The van der Waals surface area contributed by atoms with Crippen LogP contribution < -0.4 is 0 Å². The molecule has 52 valence electrons. The van der Waals surface area contributed by atoms with Crippen molar-refractivity contribution >= 4 is 23.1 Å². The molecule has 2 rings (SSSR count). The van der Waals surface area contributed by atoms with E-state index in [2.05, 4.69) is 21.0 Å². The van der Waals surface area contributed by atoms with Gasteiger partial charge in [0.1, 0.15) is 0 Å². The minimum absolute atomic E-state index is 0. The number of hydrogen-bond donors (Lipinski definition) is 0. The van der Waals surface area contributed by atoms with E-state index >= 15 is 0 Å². The molecule has 2 nitrogen and oxygen atoms in total. The number of hydrogen-bond acceptors (Lipinski definition) is 2. The van der Waals surface area contributed by atoms with Crippen molar-refractivity contribution in [3.05, 3.63) is 49.3 Å². The topological polar surface area (TPSA) is 26.3 Å². The Labute approximate surface area is 81.4 Å². The Balaban J connectivity index is 0.000000167. The standard InChI is InChI=1S/2C4H3O.Mg/c2*1-2-4-5-3-1;/h2*1,3-4H;/q2*-1;+2. The minimum Gasteiger partial charge on any atom is -0.576 e. The summed E-state index contributed by atoms with van der Waals surface area (Å²) in [6.07, 6.45) is 6.14. The zero-order valence-electron chi connectivity index (χ0n) is 5.99. The fourth-order valence-electron chi connectivity index (χ4n) is 0.393. The molecule has 0 radical (unpaired) electrons. The molecule has 0 N–H and O–H groups in total. The van der Waals surface area contributed by atoms with Gasteiger partial charge >= 0.3 is 23.1 Å². The van der Waals surface area contributed by atoms with Gasteiger partial charge in [-0.1, -0.05) is 12.5 Å². The van der Waals surface area contributed by atoms with Gasteiger partial charge in [0.2, 0.25) is 0 Å². The Hall–Kier alpha value is -0.674. The van der Waals surface area contributed by atoms with Crippen molar-refractivity contribution in [2.75, 3.05) is 0 Å². The second-order valence-corrected chi connectivity index (χ2v) is 1.45. The first-order valence-corrected chi connectivity index (χ1v) is 2.76. The Kier molecular flexibility index (Phi) is 6.98. The molecule has 0 saturated heterocycles. The van der Waals surface area contributed by atoms with Gasteiger partial charge in [0.15, 0.2) is 0 Å². The van der Waals surface area contributed by atoms with Crippen LogP contribution in [0.25, 0.3) is 0 Å². The molecule has 0 bridgehead atoms. The summed E-state index contributed by atoms with van der Waals surface area (Å²) in [4.78, 5) is 0. The van der Waals surface area contributed by atoms with Crippen molar-refractivity contribution in [1.29, 1.82) is 0 Å². The van der Waals surface area contributed by atoms with Crippen LogP contribution in [0.3, 0.4) is 0 Å². The van der Waals surface area contributed by atoms with E-state index in [1.165, 1.54) is 12.5 Å². The molecule has 2 aromatic rings. The maximum Gasteiger partial charge on any atom is 2.00 e. The van der Waals surface area contributed by atoms with Gasteiger partial charge in [-0.3, -0.25) is 0 Å². The molecule has 11 heavy (non-hydrogen) atoms. The van der Waals surface area contributed by atoms with Crippen molar-refractivity contribution in [2.45, 2.75) is 0 Å². The van der Waals surface area contributed by atoms with Gasteiger partial charge in [-0.2, -0.15) is 12.1 Å². The smallest absolute Gasteiger partial charge is 0.576 e. The first-order valence-electron chi connectivity index (χ1n) is 2.76. The van der Waals surface area contributed by atoms with Crippen LogP contribution in [0, 0.1) is 12.1 Å². The maximum atomic E-state index is 4.53. The third kappa shape index (κ3) is 5.76. The first-order chi connectivity index (χ1) is 5.00. The minimum atomic E-state index is 0. The Morgan fingerprint density at radius 2 is 1.27 bits per heavy atom. The molecule has 0 aromatic carbocycles. The molecule has 2 aromatic heterocycles. The second-order valence-electron chi connectivity index (χ2n) is 1.45. The molecule has 0 aliphatic rings. The van der Waals surface area contributed by atoms with E-state index in [0.717, 1.165) is 0 Å². The maximum absolute atomic E-state index is 4.53.